The normalized spacial score (nSPS) is 13.6. The molecule has 0 bridgehead atoms. The van der Waals surface area contributed by atoms with Crippen LogP contribution in [0.1, 0.15) is 162 Å². The Morgan fingerprint density at radius 2 is 1.16 bits per heavy atom. The summed E-state index contributed by atoms with van der Waals surface area (Å²) in [6.07, 6.45) is 28.1. The molecule has 0 radical (unpaired) electrons. The monoisotopic (exact) mass is 648 g/mol. The zero-order valence-electron chi connectivity index (χ0n) is 28.0. The van der Waals surface area contributed by atoms with Crippen molar-refractivity contribution in [3.05, 3.63) is 12.2 Å². The molecule has 0 aromatic carbocycles. The van der Waals surface area contributed by atoms with E-state index in [-0.39, 0.29) is 26.1 Å². The van der Waals surface area contributed by atoms with Crippen molar-refractivity contribution in [1.29, 1.82) is 0 Å². The third-order valence-electron chi connectivity index (χ3n) is 7.47. The van der Waals surface area contributed by atoms with E-state index in [1.54, 1.807) is 0 Å². The van der Waals surface area contributed by atoms with E-state index < -0.39 is 39.1 Å². The van der Waals surface area contributed by atoms with Crippen molar-refractivity contribution in [2.45, 2.75) is 168 Å². The van der Waals surface area contributed by atoms with E-state index in [1.165, 1.54) is 83.5 Å². The number of ether oxygens (including phenoxy) is 2. The van der Waals surface area contributed by atoms with Gasteiger partial charge in [-0.15, -0.1) is 0 Å². The molecule has 0 aliphatic heterocycles. The first-order valence-corrected chi connectivity index (χ1v) is 19.0. The van der Waals surface area contributed by atoms with Crippen LogP contribution in [0.3, 0.4) is 0 Å². The zero-order valence-corrected chi connectivity index (χ0v) is 28.9. The summed E-state index contributed by atoms with van der Waals surface area (Å²) in [5.41, 5.74) is 0. The average molecular weight is 649 g/mol. The van der Waals surface area contributed by atoms with Crippen LogP contribution in [0.4, 0.5) is 0 Å². The lowest BCUT2D eigenvalue weighted by Gasteiger charge is -2.19. The van der Waals surface area contributed by atoms with Gasteiger partial charge in [0.25, 0.3) is 0 Å². The molecule has 0 heterocycles. The number of esters is 2. The van der Waals surface area contributed by atoms with Gasteiger partial charge in [0.05, 0.1) is 19.8 Å². The third-order valence-corrected chi connectivity index (χ3v) is 8.45. The second-order valence-electron chi connectivity index (χ2n) is 11.7. The fourth-order valence-corrected chi connectivity index (χ4v) is 5.60. The minimum Gasteiger partial charge on any atom is -0.462 e. The molecule has 0 aliphatic rings. The SMILES string of the molecule is C/C=C\CCCCCCCCCC(=O)O[C@H](COC(=O)CCCCCCCCCCCCCCC)COP(=O)(O)OCCO. The van der Waals surface area contributed by atoms with E-state index in [1.807, 2.05) is 6.92 Å². The Kier molecular flexibility index (Phi) is 30.8. The summed E-state index contributed by atoms with van der Waals surface area (Å²) in [5.74, 6) is -0.870. The molecule has 2 atom stereocenters. The maximum absolute atomic E-state index is 12.4. The lowest BCUT2D eigenvalue weighted by atomic mass is 10.0. The van der Waals surface area contributed by atoms with Gasteiger partial charge in [-0.3, -0.25) is 18.6 Å². The topological polar surface area (TPSA) is 129 Å². The van der Waals surface area contributed by atoms with Crippen molar-refractivity contribution >= 4 is 19.8 Å². The van der Waals surface area contributed by atoms with Gasteiger partial charge in [-0.05, 0) is 32.6 Å². The molecule has 0 saturated heterocycles. The van der Waals surface area contributed by atoms with Crippen LogP contribution in [-0.2, 0) is 32.7 Å². The van der Waals surface area contributed by atoms with E-state index in [2.05, 4.69) is 23.6 Å². The highest BCUT2D eigenvalue weighted by Crippen LogP contribution is 2.43. The average Bonchev–Trinajstić information content (AvgIpc) is 3.00. The molecule has 0 saturated carbocycles. The Morgan fingerprint density at radius 3 is 1.66 bits per heavy atom. The van der Waals surface area contributed by atoms with Crippen molar-refractivity contribution in [3.8, 4) is 0 Å². The molecule has 0 aromatic heterocycles. The number of aliphatic hydroxyl groups excluding tert-OH is 1. The molecule has 260 valence electrons. The van der Waals surface area contributed by atoms with Crippen LogP contribution < -0.4 is 0 Å². The van der Waals surface area contributed by atoms with Gasteiger partial charge < -0.3 is 19.5 Å². The molecule has 44 heavy (non-hydrogen) atoms. The van der Waals surface area contributed by atoms with E-state index in [0.29, 0.717) is 6.42 Å². The first-order chi connectivity index (χ1) is 21.3. The van der Waals surface area contributed by atoms with E-state index in [4.69, 9.17) is 19.1 Å². The van der Waals surface area contributed by atoms with Crippen molar-refractivity contribution in [2.75, 3.05) is 26.4 Å². The van der Waals surface area contributed by atoms with Crippen molar-refractivity contribution in [2.24, 2.45) is 0 Å². The van der Waals surface area contributed by atoms with Gasteiger partial charge in [-0.25, -0.2) is 4.57 Å². The first-order valence-electron chi connectivity index (χ1n) is 17.5. The predicted octanol–water partition coefficient (Wildman–Crippen LogP) is 9.14. The Hall–Kier alpha value is -1.25. The molecule has 10 heteroatoms. The van der Waals surface area contributed by atoms with Crippen LogP contribution in [0.5, 0.6) is 0 Å². The van der Waals surface area contributed by atoms with Gasteiger partial charge >= 0.3 is 19.8 Å². The largest absolute Gasteiger partial charge is 0.472 e. The maximum Gasteiger partial charge on any atom is 0.472 e. The van der Waals surface area contributed by atoms with Gasteiger partial charge in [0.2, 0.25) is 0 Å². The lowest BCUT2D eigenvalue weighted by molar-refractivity contribution is -0.161. The summed E-state index contributed by atoms with van der Waals surface area (Å²) in [6, 6.07) is 0. The standard InChI is InChI=1S/C34H65O9P/c1-3-5-7-9-11-13-15-16-17-19-20-22-24-26-33(36)40-30-32(31-42-44(38,39)41-29-28-35)43-34(37)27-25-23-21-18-14-12-10-8-6-4-2/h4,6,32,35H,3,5,7-31H2,1-2H3,(H,38,39)/b6-4-/t32-/m1/s1. The number of unbranched alkanes of at least 4 members (excludes halogenated alkanes) is 19. The number of rotatable bonds is 33. The van der Waals surface area contributed by atoms with Gasteiger partial charge in [-0.1, -0.05) is 128 Å². The number of carbonyl (C=O) groups is 2. The highest BCUT2D eigenvalue weighted by molar-refractivity contribution is 7.47. The van der Waals surface area contributed by atoms with Crippen LogP contribution in [0.15, 0.2) is 12.2 Å². The van der Waals surface area contributed by atoms with Crippen LogP contribution in [0, 0.1) is 0 Å². The molecule has 0 spiro atoms. The smallest absolute Gasteiger partial charge is 0.462 e. The summed E-state index contributed by atoms with van der Waals surface area (Å²) in [4.78, 5) is 34.4. The molecule has 0 aliphatic carbocycles. The Balaban J connectivity index is 4.23. The Labute approximate surface area is 268 Å². The fourth-order valence-electron chi connectivity index (χ4n) is 4.86. The van der Waals surface area contributed by atoms with Gasteiger partial charge in [0.15, 0.2) is 6.10 Å². The molecule has 0 fully saturated rings. The molecule has 0 rings (SSSR count). The van der Waals surface area contributed by atoms with Gasteiger partial charge in [0, 0.05) is 12.8 Å². The summed E-state index contributed by atoms with van der Waals surface area (Å²) in [5, 5.41) is 8.82. The first kappa shape index (κ1) is 42.8. The number of aliphatic hydroxyl groups is 1. The Morgan fingerprint density at radius 1 is 0.682 bits per heavy atom. The van der Waals surface area contributed by atoms with Crippen LogP contribution in [-0.4, -0.2) is 54.5 Å². The van der Waals surface area contributed by atoms with Crippen LogP contribution in [0.2, 0.25) is 0 Å². The van der Waals surface area contributed by atoms with Crippen molar-refractivity contribution in [3.63, 3.8) is 0 Å². The third kappa shape index (κ3) is 30.8. The zero-order chi connectivity index (χ0) is 32.6. The number of carbonyl (C=O) groups excluding carboxylic acids is 2. The highest BCUT2D eigenvalue weighted by Gasteiger charge is 2.26. The predicted molar refractivity (Wildman–Crippen MR) is 176 cm³/mol. The second kappa shape index (κ2) is 31.7. The summed E-state index contributed by atoms with van der Waals surface area (Å²) < 4.78 is 32.2. The van der Waals surface area contributed by atoms with Crippen LogP contribution >= 0.6 is 7.82 Å². The number of phosphoric ester groups is 1. The fraction of sp³-hybridized carbons (Fsp3) is 0.882. The minimum atomic E-state index is -4.44. The number of allylic oxidation sites excluding steroid dienone is 2. The summed E-state index contributed by atoms with van der Waals surface area (Å²) >= 11 is 0. The molecular formula is C34H65O9P. The van der Waals surface area contributed by atoms with Crippen molar-refractivity contribution < 1.29 is 42.7 Å². The second-order valence-corrected chi connectivity index (χ2v) is 13.1. The summed E-state index contributed by atoms with van der Waals surface area (Å²) in [7, 11) is -4.44. The van der Waals surface area contributed by atoms with Gasteiger partial charge in [-0.2, -0.15) is 0 Å². The lowest BCUT2D eigenvalue weighted by Crippen LogP contribution is -2.29. The number of phosphoric acid groups is 1. The molecule has 9 nitrogen and oxygen atoms in total. The van der Waals surface area contributed by atoms with E-state index in [0.717, 1.165) is 44.9 Å². The molecule has 0 amide bonds. The van der Waals surface area contributed by atoms with E-state index >= 15 is 0 Å². The van der Waals surface area contributed by atoms with Crippen molar-refractivity contribution in [1.82, 2.24) is 0 Å². The van der Waals surface area contributed by atoms with Gasteiger partial charge in [0.1, 0.15) is 6.61 Å². The number of hydrogen-bond donors (Lipinski definition) is 2. The van der Waals surface area contributed by atoms with E-state index in [9.17, 15) is 19.0 Å². The minimum absolute atomic E-state index is 0.211. The molecule has 0 aromatic rings. The Bertz CT molecular complexity index is 744. The maximum atomic E-state index is 12.4. The highest BCUT2D eigenvalue weighted by atomic mass is 31.2. The molecule has 1 unspecified atom stereocenters. The molecular weight excluding hydrogens is 583 g/mol. The number of hydrogen-bond acceptors (Lipinski definition) is 8. The quantitative estimate of drug-likeness (QED) is 0.0310. The molecule has 2 N–H and O–H groups in total. The van der Waals surface area contributed by atoms with Crippen LogP contribution in [0.25, 0.3) is 0 Å². The summed E-state index contributed by atoms with van der Waals surface area (Å²) in [6.45, 7) is 2.72.